The minimum atomic E-state index is -1.05. The number of amides is 2. The van der Waals surface area contributed by atoms with E-state index in [1.165, 1.54) is 4.90 Å². The van der Waals surface area contributed by atoms with Gasteiger partial charge in [-0.2, -0.15) is 0 Å². The minimum Gasteiger partial charge on any atom is -0.479 e. The first-order chi connectivity index (χ1) is 8.41. The van der Waals surface area contributed by atoms with Gasteiger partial charge >= 0.3 is 5.97 Å². The summed E-state index contributed by atoms with van der Waals surface area (Å²) < 4.78 is 5.08. The molecule has 7 nitrogen and oxygen atoms in total. The van der Waals surface area contributed by atoms with Gasteiger partial charge < -0.3 is 20.1 Å². The Kier molecular flexibility index (Phi) is 5.08. The van der Waals surface area contributed by atoms with Gasteiger partial charge in [0.25, 0.3) is 0 Å². The zero-order valence-electron chi connectivity index (χ0n) is 10.5. The number of nitrogens with zero attached hydrogens (tertiary/aromatic N) is 1. The van der Waals surface area contributed by atoms with Crippen LogP contribution in [0, 0.1) is 0 Å². The van der Waals surface area contributed by atoms with Crippen molar-refractivity contribution in [2.75, 3.05) is 20.6 Å². The molecule has 2 amide bonds. The quantitative estimate of drug-likeness (QED) is 0.674. The Morgan fingerprint density at radius 2 is 1.89 bits per heavy atom. The SMILES string of the molecule is CN(C)C(=O)CCNC(=O)C1CCC(C(=O)O)O1. The summed E-state index contributed by atoms with van der Waals surface area (Å²) in [5.41, 5.74) is 0. The fraction of sp³-hybridized carbons (Fsp3) is 0.727. The van der Waals surface area contributed by atoms with E-state index in [0.29, 0.717) is 12.8 Å². The van der Waals surface area contributed by atoms with E-state index in [9.17, 15) is 14.4 Å². The van der Waals surface area contributed by atoms with Crippen molar-refractivity contribution in [1.82, 2.24) is 10.2 Å². The van der Waals surface area contributed by atoms with Gasteiger partial charge in [0.15, 0.2) is 6.10 Å². The highest BCUT2D eigenvalue weighted by molar-refractivity contribution is 5.83. The summed E-state index contributed by atoms with van der Waals surface area (Å²) in [5.74, 6) is -1.48. The molecule has 0 bridgehead atoms. The number of aliphatic carboxylic acids is 1. The molecular weight excluding hydrogens is 240 g/mol. The molecule has 0 spiro atoms. The van der Waals surface area contributed by atoms with E-state index in [-0.39, 0.29) is 24.8 Å². The van der Waals surface area contributed by atoms with E-state index >= 15 is 0 Å². The van der Waals surface area contributed by atoms with Gasteiger partial charge in [-0.3, -0.25) is 9.59 Å². The second-order valence-electron chi connectivity index (χ2n) is 4.36. The molecule has 0 aromatic rings. The molecule has 2 atom stereocenters. The molecule has 1 aliphatic rings. The van der Waals surface area contributed by atoms with Gasteiger partial charge in [0.2, 0.25) is 11.8 Å². The topological polar surface area (TPSA) is 95.9 Å². The van der Waals surface area contributed by atoms with Crippen LogP contribution in [0.15, 0.2) is 0 Å². The number of nitrogens with one attached hydrogen (secondary N) is 1. The fourth-order valence-corrected chi connectivity index (χ4v) is 1.64. The number of ether oxygens (including phenoxy) is 1. The fourth-order valence-electron chi connectivity index (χ4n) is 1.64. The lowest BCUT2D eigenvalue weighted by Gasteiger charge is -2.13. The summed E-state index contributed by atoms with van der Waals surface area (Å²) in [6.45, 7) is 0.230. The van der Waals surface area contributed by atoms with E-state index < -0.39 is 18.2 Å². The highest BCUT2D eigenvalue weighted by Crippen LogP contribution is 2.19. The molecule has 1 aliphatic heterocycles. The first kappa shape index (κ1) is 14.4. The Bertz CT molecular complexity index is 342. The van der Waals surface area contributed by atoms with E-state index in [1.54, 1.807) is 14.1 Å². The van der Waals surface area contributed by atoms with Gasteiger partial charge in [-0.25, -0.2) is 4.79 Å². The summed E-state index contributed by atoms with van der Waals surface area (Å²) >= 11 is 0. The Labute approximate surface area is 105 Å². The Morgan fingerprint density at radius 1 is 1.28 bits per heavy atom. The van der Waals surface area contributed by atoms with E-state index in [0.717, 1.165) is 0 Å². The number of carbonyl (C=O) groups is 3. The molecular formula is C11H18N2O5. The lowest BCUT2D eigenvalue weighted by molar-refractivity contribution is -0.151. The third kappa shape index (κ3) is 3.99. The van der Waals surface area contributed by atoms with Crippen molar-refractivity contribution in [2.24, 2.45) is 0 Å². The Morgan fingerprint density at radius 3 is 2.39 bits per heavy atom. The lowest BCUT2D eigenvalue weighted by Crippen LogP contribution is -2.37. The molecule has 2 unspecified atom stereocenters. The largest absolute Gasteiger partial charge is 0.479 e. The van der Waals surface area contributed by atoms with Crippen LogP contribution in [0.5, 0.6) is 0 Å². The number of carboxylic acids is 1. The first-order valence-electron chi connectivity index (χ1n) is 5.78. The van der Waals surface area contributed by atoms with Gasteiger partial charge in [-0.05, 0) is 12.8 Å². The van der Waals surface area contributed by atoms with Crippen LogP contribution in [0.4, 0.5) is 0 Å². The zero-order valence-corrected chi connectivity index (χ0v) is 10.5. The van der Waals surface area contributed by atoms with Gasteiger partial charge in [-0.1, -0.05) is 0 Å². The number of carboxylic acid groups (broad SMARTS) is 1. The molecule has 18 heavy (non-hydrogen) atoms. The normalized spacial score (nSPS) is 22.6. The molecule has 1 fully saturated rings. The van der Waals surface area contributed by atoms with Crippen molar-refractivity contribution in [3.8, 4) is 0 Å². The summed E-state index contributed by atoms with van der Waals surface area (Å²) in [6, 6.07) is 0. The van der Waals surface area contributed by atoms with Crippen molar-refractivity contribution in [3.05, 3.63) is 0 Å². The number of carbonyl (C=O) groups excluding carboxylic acids is 2. The van der Waals surface area contributed by atoms with E-state index in [2.05, 4.69) is 5.32 Å². The molecule has 7 heteroatoms. The summed E-state index contributed by atoms with van der Waals surface area (Å²) in [5, 5.41) is 11.3. The molecule has 1 saturated heterocycles. The number of hydrogen-bond acceptors (Lipinski definition) is 4. The third-order valence-electron chi connectivity index (χ3n) is 2.72. The highest BCUT2D eigenvalue weighted by atomic mass is 16.5. The van der Waals surface area contributed by atoms with Crippen LogP contribution in [0.1, 0.15) is 19.3 Å². The monoisotopic (exact) mass is 258 g/mol. The molecule has 102 valence electrons. The molecule has 0 aliphatic carbocycles. The second kappa shape index (κ2) is 6.34. The van der Waals surface area contributed by atoms with Crippen molar-refractivity contribution in [1.29, 1.82) is 0 Å². The van der Waals surface area contributed by atoms with Crippen molar-refractivity contribution >= 4 is 17.8 Å². The van der Waals surface area contributed by atoms with Crippen LogP contribution in [-0.4, -0.2) is 60.6 Å². The zero-order chi connectivity index (χ0) is 13.7. The maximum Gasteiger partial charge on any atom is 0.332 e. The molecule has 0 radical (unpaired) electrons. The predicted molar refractivity (Wildman–Crippen MR) is 61.9 cm³/mol. The van der Waals surface area contributed by atoms with Gasteiger partial charge in [0.1, 0.15) is 6.10 Å². The molecule has 2 N–H and O–H groups in total. The smallest absolute Gasteiger partial charge is 0.332 e. The van der Waals surface area contributed by atoms with E-state index in [4.69, 9.17) is 9.84 Å². The Balaban J connectivity index is 2.26. The van der Waals surface area contributed by atoms with Crippen LogP contribution < -0.4 is 5.32 Å². The summed E-state index contributed by atoms with van der Waals surface area (Å²) in [7, 11) is 3.28. The second-order valence-corrected chi connectivity index (χ2v) is 4.36. The minimum absolute atomic E-state index is 0.0777. The van der Waals surface area contributed by atoms with Crippen LogP contribution in [0.25, 0.3) is 0 Å². The van der Waals surface area contributed by atoms with Crippen LogP contribution in [0.2, 0.25) is 0 Å². The third-order valence-corrected chi connectivity index (χ3v) is 2.72. The van der Waals surface area contributed by atoms with Crippen LogP contribution in [-0.2, 0) is 19.1 Å². The predicted octanol–water partition coefficient (Wildman–Crippen LogP) is -0.787. The lowest BCUT2D eigenvalue weighted by atomic mass is 10.2. The molecule has 0 aromatic carbocycles. The van der Waals surface area contributed by atoms with Crippen molar-refractivity contribution < 1.29 is 24.2 Å². The van der Waals surface area contributed by atoms with Gasteiger partial charge in [0.05, 0.1) is 0 Å². The Hall–Kier alpha value is -1.63. The molecule has 1 heterocycles. The molecule has 1 rings (SSSR count). The maximum absolute atomic E-state index is 11.6. The first-order valence-corrected chi connectivity index (χ1v) is 5.78. The number of hydrogen-bond donors (Lipinski definition) is 2. The molecule has 0 aromatic heterocycles. The average molecular weight is 258 g/mol. The molecule has 0 saturated carbocycles. The van der Waals surface area contributed by atoms with Gasteiger partial charge in [-0.15, -0.1) is 0 Å². The average Bonchev–Trinajstić information content (AvgIpc) is 2.77. The summed E-state index contributed by atoms with van der Waals surface area (Å²) in [4.78, 5) is 34.9. The van der Waals surface area contributed by atoms with Crippen molar-refractivity contribution in [2.45, 2.75) is 31.5 Å². The van der Waals surface area contributed by atoms with Crippen LogP contribution >= 0.6 is 0 Å². The van der Waals surface area contributed by atoms with Crippen LogP contribution in [0.3, 0.4) is 0 Å². The number of rotatable bonds is 5. The van der Waals surface area contributed by atoms with E-state index in [1.807, 2.05) is 0 Å². The standard InChI is InChI=1S/C11H18N2O5/c1-13(2)9(14)5-6-12-10(15)7-3-4-8(18-7)11(16)17/h7-8H,3-6H2,1-2H3,(H,12,15)(H,16,17). The van der Waals surface area contributed by atoms with Gasteiger partial charge in [0, 0.05) is 27.1 Å². The summed E-state index contributed by atoms with van der Waals surface area (Å²) in [6.07, 6.45) is -0.674. The van der Waals surface area contributed by atoms with Crippen molar-refractivity contribution in [3.63, 3.8) is 0 Å². The highest BCUT2D eigenvalue weighted by Gasteiger charge is 2.34. The maximum atomic E-state index is 11.6.